The lowest BCUT2D eigenvalue weighted by Gasteiger charge is -2.16. The Kier molecular flexibility index (Phi) is 4.31. The van der Waals surface area contributed by atoms with Crippen molar-refractivity contribution in [3.05, 3.63) is 23.3 Å². The molecule has 6 heteroatoms. The second-order valence-corrected chi connectivity index (χ2v) is 4.34. The second-order valence-electron chi connectivity index (χ2n) is 4.34. The molecule has 0 saturated heterocycles. The van der Waals surface area contributed by atoms with Crippen molar-refractivity contribution in [1.29, 1.82) is 5.26 Å². The fraction of sp³-hybridized carbons (Fsp3) is 0.429. The van der Waals surface area contributed by atoms with Gasteiger partial charge in [-0.05, 0) is 25.0 Å². The lowest BCUT2D eigenvalue weighted by molar-refractivity contribution is 0.116. The summed E-state index contributed by atoms with van der Waals surface area (Å²) in [4.78, 5) is 13.0. The maximum absolute atomic E-state index is 11.5. The summed E-state index contributed by atoms with van der Waals surface area (Å²) in [6.45, 7) is 2.74. The van der Waals surface area contributed by atoms with Gasteiger partial charge in [0.15, 0.2) is 11.5 Å². The molecular weight excluding hydrogens is 260 g/mol. The van der Waals surface area contributed by atoms with Crippen LogP contribution in [0.2, 0.25) is 0 Å². The van der Waals surface area contributed by atoms with Crippen LogP contribution in [-0.2, 0) is 11.2 Å². The van der Waals surface area contributed by atoms with Crippen molar-refractivity contribution >= 4 is 6.09 Å². The van der Waals surface area contributed by atoms with Crippen molar-refractivity contribution in [2.24, 2.45) is 0 Å². The molecule has 0 unspecified atom stereocenters. The highest BCUT2D eigenvalue weighted by Crippen LogP contribution is 2.34. The minimum atomic E-state index is -0.369. The number of ether oxygens (including phenoxy) is 3. The summed E-state index contributed by atoms with van der Waals surface area (Å²) >= 11 is 0. The van der Waals surface area contributed by atoms with Gasteiger partial charge < -0.3 is 19.1 Å². The third-order valence-electron chi connectivity index (χ3n) is 3.01. The van der Waals surface area contributed by atoms with E-state index >= 15 is 0 Å². The third kappa shape index (κ3) is 2.94. The van der Waals surface area contributed by atoms with Crippen molar-refractivity contribution < 1.29 is 19.0 Å². The first-order chi connectivity index (χ1) is 9.65. The standard InChI is InChI=1S/C14H16N2O4/c1-3-18-14(17)16(2)5-4-10-6-12-13(20-9-19-12)7-11(10)8-15/h6-7H,3-5,9H2,1-2H3. The number of benzene rings is 1. The van der Waals surface area contributed by atoms with Crippen LogP contribution < -0.4 is 9.47 Å². The molecule has 0 radical (unpaired) electrons. The summed E-state index contributed by atoms with van der Waals surface area (Å²) in [7, 11) is 1.66. The molecular formula is C14H16N2O4. The number of amides is 1. The van der Waals surface area contributed by atoms with Crippen molar-refractivity contribution in [3.63, 3.8) is 0 Å². The van der Waals surface area contributed by atoms with E-state index in [1.54, 1.807) is 26.1 Å². The molecule has 20 heavy (non-hydrogen) atoms. The van der Waals surface area contributed by atoms with E-state index in [0.29, 0.717) is 36.6 Å². The van der Waals surface area contributed by atoms with Crippen molar-refractivity contribution in [3.8, 4) is 17.6 Å². The summed E-state index contributed by atoms with van der Waals surface area (Å²) in [5, 5.41) is 9.16. The first-order valence-electron chi connectivity index (χ1n) is 6.36. The third-order valence-corrected chi connectivity index (χ3v) is 3.01. The molecule has 1 amide bonds. The van der Waals surface area contributed by atoms with Crippen molar-refractivity contribution in [2.75, 3.05) is 27.0 Å². The molecule has 0 N–H and O–H groups in total. The summed E-state index contributed by atoms with van der Waals surface area (Å²) in [6, 6.07) is 5.59. The average molecular weight is 276 g/mol. The van der Waals surface area contributed by atoms with Crippen molar-refractivity contribution in [2.45, 2.75) is 13.3 Å². The molecule has 1 heterocycles. The Labute approximate surface area is 117 Å². The van der Waals surface area contributed by atoms with Crippen LogP contribution in [0.3, 0.4) is 0 Å². The summed E-state index contributed by atoms with van der Waals surface area (Å²) < 4.78 is 15.4. The molecule has 1 aromatic rings. The highest BCUT2D eigenvalue weighted by atomic mass is 16.7. The maximum Gasteiger partial charge on any atom is 0.409 e. The lowest BCUT2D eigenvalue weighted by atomic mass is 10.0. The van der Waals surface area contributed by atoms with Gasteiger partial charge >= 0.3 is 6.09 Å². The summed E-state index contributed by atoms with van der Waals surface area (Å²) in [6.07, 6.45) is 0.182. The molecule has 2 rings (SSSR count). The van der Waals surface area contributed by atoms with Crippen LogP contribution in [0.25, 0.3) is 0 Å². The summed E-state index contributed by atoms with van der Waals surface area (Å²) in [5.41, 5.74) is 1.36. The van der Waals surface area contributed by atoms with E-state index in [4.69, 9.17) is 19.5 Å². The van der Waals surface area contributed by atoms with E-state index in [0.717, 1.165) is 5.56 Å². The first kappa shape index (κ1) is 14.0. The largest absolute Gasteiger partial charge is 0.454 e. The van der Waals surface area contributed by atoms with E-state index in [-0.39, 0.29) is 12.9 Å². The molecule has 1 aromatic carbocycles. The number of nitriles is 1. The van der Waals surface area contributed by atoms with Crippen molar-refractivity contribution in [1.82, 2.24) is 4.90 Å². The van der Waals surface area contributed by atoms with Crippen LogP contribution >= 0.6 is 0 Å². The molecule has 0 bridgehead atoms. The molecule has 1 aliphatic rings. The molecule has 0 fully saturated rings. The van der Waals surface area contributed by atoms with Gasteiger partial charge in [0.2, 0.25) is 6.79 Å². The number of hydrogen-bond donors (Lipinski definition) is 0. The van der Waals surface area contributed by atoms with Crippen LogP contribution in [0.15, 0.2) is 12.1 Å². The minimum Gasteiger partial charge on any atom is -0.454 e. The van der Waals surface area contributed by atoms with Gasteiger partial charge in [-0.25, -0.2) is 4.79 Å². The predicted octanol–water partition coefficient (Wildman–Crippen LogP) is 1.92. The van der Waals surface area contributed by atoms with E-state index in [1.165, 1.54) is 4.90 Å². The highest BCUT2D eigenvalue weighted by Gasteiger charge is 2.18. The highest BCUT2D eigenvalue weighted by molar-refractivity contribution is 5.67. The fourth-order valence-corrected chi connectivity index (χ4v) is 1.91. The van der Waals surface area contributed by atoms with E-state index in [2.05, 4.69) is 6.07 Å². The number of hydrogen-bond acceptors (Lipinski definition) is 5. The van der Waals surface area contributed by atoms with Gasteiger partial charge in [-0.3, -0.25) is 0 Å². The maximum atomic E-state index is 11.5. The van der Waals surface area contributed by atoms with Crippen LogP contribution in [0, 0.1) is 11.3 Å². The van der Waals surface area contributed by atoms with Crippen LogP contribution in [0.1, 0.15) is 18.1 Å². The van der Waals surface area contributed by atoms with E-state index in [1.807, 2.05) is 0 Å². The van der Waals surface area contributed by atoms with Gasteiger partial charge in [0.1, 0.15) is 0 Å². The predicted molar refractivity (Wildman–Crippen MR) is 70.6 cm³/mol. The molecule has 0 atom stereocenters. The summed E-state index contributed by atoms with van der Waals surface area (Å²) in [5.74, 6) is 1.22. The van der Waals surface area contributed by atoms with Gasteiger partial charge in [-0.15, -0.1) is 0 Å². The Bertz CT molecular complexity index is 551. The zero-order valence-electron chi connectivity index (χ0n) is 11.5. The van der Waals surface area contributed by atoms with Gasteiger partial charge in [-0.2, -0.15) is 5.26 Å². The quantitative estimate of drug-likeness (QED) is 0.840. The van der Waals surface area contributed by atoms with Gasteiger partial charge in [0.25, 0.3) is 0 Å². The number of fused-ring (bicyclic) bond motifs is 1. The van der Waals surface area contributed by atoms with Crippen LogP contribution in [0.5, 0.6) is 11.5 Å². The SMILES string of the molecule is CCOC(=O)N(C)CCc1cc2c(cc1C#N)OCO2. The molecule has 1 aliphatic heterocycles. The van der Waals surface area contributed by atoms with Gasteiger partial charge in [0.05, 0.1) is 18.2 Å². The monoisotopic (exact) mass is 276 g/mol. The zero-order valence-corrected chi connectivity index (χ0v) is 11.5. The van der Waals surface area contributed by atoms with Gasteiger partial charge in [-0.1, -0.05) is 0 Å². The average Bonchev–Trinajstić information content (AvgIpc) is 2.90. The van der Waals surface area contributed by atoms with Gasteiger partial charge in [0, 0.05) is 19.7 Å². The van der Waals surface area contributed by atoms with Crippen LogP contribution in [-0.4, -0.2) is 38.0 Å². The first-order valence-corrected chi connectivity index (χ1v) is 6.36. The lowest BCUT2D eigenvalue weighted by Crippen LogP contribution is -2.29. The number of nitrogens with zero attached hydrogens (tertiary/aromatic N) is 2. The van der Waals surface area contributed by atoms with E-state index in [9.17, 15) is 4.79 Å². The smallest absolute Gasteiger partial charge is 0.409 e. The number of carbonyl (C=O) groups excluding carboxylic acids is 1. The van der Waals surface area contributed by atoms with E-state index < -0.39 is 0 Å². The molecule has 0 spiro atoms. The Morgan fingerprint density at radius 1 is 1.45 bits per heavy atom. The minimum absolute atomic E-state index is 0.173. The number of likely N-dealkylation sites (N-methyl/N-ethyl adjacent to an activating group) is 1. The molecule has 6 nitrogen and oxygen atoms in total. The Morgan fingerprint density at radius 2 is 2.15 bits per heavy atom. The molecule has 0 saturated carbocycles. The number of carbonyl (C=O) groups is 1. The zero-order chi connectivity index (χ0) is 14.5. The van der Waals surface area contributed by atoms with Crippen LogP contribution in [0.4, 0.5) is 4.79 Å². The Hall–Kier alpha value is -2.42. The normalized spacial score (nSPS) is 11.8. The fourth-order valence-electron chi connectivity index (χ4n) is 1.91. The second kappa shape index (κ2) is 6.15. The molecule has 106 valence electrons. The topological polar surface area (TPSA) is 71.8 Å². The Morgan fingerprint density at radius 3 is 2.80 bits per heavy atom. The molecule has 0 aliphatic carbocycles. The Balaban J connectivity index is 2.06. The molecule has 0 aromatic heterocycles. The number of rotatable bonds is 4.